The zero-order chi connectivity index (χ0) is 12.1. The number of hydrogen-bond acceptors (Lipinski definition) is 3. The zero-order valence-corrected chi connectivity index (χ0v) is 9.86. The molecule has 90 valence electrons. The molecule has 16 heavy (non-hydrogen) atoms. The highest BCUT2D eigenvalue weighted by atomic mass is 16.6. The van der Waals surface area contributed by atoms with E-state index >= 15 is 0 Å². The second-order valence-corrected chi connectivity index (χ2v) is 3.76. The molecule has 0 atom stereocenters. The SMILES string of the molecule is C=C(C)C(=O)N1CCN(C(=O)OCC)CC1. The lowest BCUT2D eigenvalue weighted by Crippen LogP contribution is -2.50. The maximum Gasteiger partial charge on any atom is 0.409 e. The monoisotopic (exact) mass is 226 g/mol. The highest BCUT2D eigenvalue weighted by molar-refractivity contribution is 5.92. The Balaban J connectivity index is 2.42. The molecule has 0 aliphatic carbocycles. The summed E-state index contributed by atoms with van der Waals surface area (Å²) in [5.74, 6) is -0.0384. The lowest BCUT2D eigenvalue weighted by Gasteiger charge is -2.34. The molecule has 0 aromatic heterocycles. The molecule has 0 bridgehead atoms. The molecule has 1 aliphatic rings. The predicted octanol–water partition coefficient (Wildman–Crippen LogP) is 0.863. The first kappa shape index (κ1) is 12.5. The van der Waals surface area contributed by atoms with Crippen molar-refractivity contribution >= 4 is 12.0 Å². The van der Waals surface area contributed by atoms with Gasteiger partial charge in [0.1, 0.15) is 0 Å². The maximum absolute atomic E-state index is 11.6. The van der Waals surface area contributed by atoms with Gasteiger partial charge in [-0.2, -0.15) is 0 Å². The molecule has 0 N–H and O–H groups in total. The maximum atomic E-state index is 11.6. The van der Waals surface area contributed by atoms with Crippen LogP contribution in [-0.2, 0) is 9.53 Å². The van der Waals surface area contributed by atoms with Crippen molar-refractivity contribution in [2.75, 3.05) is 32.8 Å². The van der Waals surface area contributed by atoms with Crippen molar-refractivity contribution in [3.63, 3.8) is 0 Å². The van der Waals surface area contributed by atoms with Gasteiger partial charge in [0.25, 0.3) is 0 Å². The molecule has 0 saturated carbocycles. The van der Waals surface area contributed by atoms with Gasteiger partial charge in [-0.05, 0) is 13.8 Å². The zero-order valence-electron chi connectivity index (χ0n) is 9.86. The Labute approximate surface area is 95.6 Å². The minimum Gasteiger partial charge on any atom is -0.450 e. The Morgan fingerprint density at radius 1 is 1.19 bits per heavy atom. The average Bonchev–Trinajstić information content (AvgIpc) is 2.28. The van der Waals surface area contributed by atoms with Crippen molar-refractivity contribution < 1.29 is 14.3 Å². The first-order chi connectivity index (χ1) is 7.56. The van der Waals surface area contributed by atoms with Crippen molar-refractivity contribution in [3.8, 4) is 0 Å². The van der Waals surface area contributed by atoms with E-state index in [1.165, 1.54) is 0 Å². The van der Waals surface area contributed by atoms with Crippen LogP contribution in [-0.4, -0.2) is 54.6 Å². The summed E-state index contributed by atoms with van der Waals surface area (Å²) < 4.78 is 4.89. The highest BCUT2D eigenvalue weighted by Crippen LogP contribution is 2.06. The topological polar surface area (TPSA) is 49.9 Å². The number of hydrogen-bond donors (Lipinski definition) is 0. The summed E-state index contributed by atoms with van der Waals surface area (Å²) in [4.78, 5) is 26.3. The van der Waals surface area contributed by atoms with Crippen LogP contribution in [0, 0.1) is 0 Å². The average molecular weight is 226 g/mol. The summed E-state index contributed by atoms with van der Waals surface area (Å²) in [5.41, 5.74) is 0.532. The summed E-state index contributed by atoms with van der Waals surface area (Å²) in [7, 11) is 0. The van der Waals surface area contributed by atoms with E-state index < -0.39 is 0 Å². The smallest absolute Gasteiger partial charge is 0.409 e. The van der Waals surface area contributed by atoms with Crippen LogP contribution in [0.1, 0.15) is 13.8 Å². The fraction of sp³-hybridized carbons (Fsp3) is 0.636. The number of piperazine rings is 1. The summed E-state index contributed by atoms with van der Waals surface area (Å²) in [6.45, 7) is 9.61. The van der Waals surface area contributed by atoms with E-state index in [-0.39, 0.29) is 12.0 Å². The molecule has 0 radical (unpaired) electrons. The van der Waals surface area contributed by atoms with Gasteiger partial charge < -0.3 is 14.5 Å². The van der Waals surface area contributed by atoms with E-state index in [2.05, 4.69) is 6.58 Å². The Bertz CT molecular complexity index is 294. The minimum absolute atomic E-state index is 0.0384. The van der Waals surface area contributed by atoms with Gasteiger partial charge in [-0.1, -0.05) is 6.58 Å². The van der Waals surface area contributed by atoms with Crippen LogP contribution in [0.15, 0.2) is 12.2 Å². The molecule has 0 unspecified atom stereocenters. The van der Waals surface area contributed by atoms with E-state index in [0.717, 1.165) is 0 Å². The van der Waals surface area contributed by atoms with Crippen LogP contribution in [0.5, 0.6) is 0 Å². The van der Waals surface area contributed by atoms with Crippen molar-refractivity contribution in [1.82, 2.24) is 9.80 Å². The van der Waals surface area contributed by atoms with Crippen molar-refractivity contribution in [2.24, 2.45) is 0 Å². The summed E-state index contributed by atoms with van der Waals surface area (Å²) in [6.07, 6.45) is -0.301. The largest absolute Gasteiger partial charge is 0.450 e. The molecule has 1 heterocycles. The Morgan fingerprint density at radius 2 is 1.69 bits per heavy atom. The summed E-state index contributed by atoms with van der Waals surface area (Å²) in [6, 6.07) is 0. The van der Waals surface area contributed by atoms with Crippen molar-refractivity contribution in [1.29, 1.82) is 0 Å². The fourth-order valence-electron chi connectivity index (χ4n) is 1.58. The van der Waals surface area contributed by atoms with Gasteiger partial charge in [0.15, 0.2) is 0 Å². The molecule has 1 rings (SSSR count). The van der Waals surface area contributed by atoms with E-state index in [0.29, 0.717) is 38.4 Å². The lowest BCUT2D eigenvalue weighted by molar-refractivity contribution is -0.128. The summed E-state index contributed by atoms with van der Waals surface area (Å²) in [5, 5.41) is 0. The van der Waals surface area contributed by atoms with E-state index in [1.54, 1.807) is 23.6 Å². The third-order valence-corrected chi connectivity index (χ3v) is 2.46. The second kappa shape index (κ2) is 5.53. The molecule has 0 aromatic carbocycles. The number of amides is 2. The molecule has 1 saturated heterocycles. The van der Waals surface area contributed by atoms with Crippen LogP contribution in [0.4, 0.5) is 4.79 Å². The van der Waals surface area contributed by atoms with Crippen LogP contribution >= 0.6 is 0 Å². The molecule has 2 amide bonds. The van der Waals surface area contributed by atoms with Crippen LogP contribution in [0.2, 0.25) is 0 Å². The standard InChI is InChI=1S/C11H18N2O3/c1-4-16-11(15)13-7-5-12(6-8-13)10(14)9(2)3/h2,4-8H2,1,3H3. The number of carbonyl (C=O) groups is 2. The fourth-order valence-corrected chi connectivity index (χ4v) is 1.58. The molecular formula is C11H18N2O3. The van der Waals surface area contributed by atoms with Gasteiger partial charge in [-0.15, -0.1) is 0 Å². The minimum atomic E-state index is -0.301. The number of carbonyl (C=O) groups excluding carboxylic acids is 2. The molecule has 5 nitrogen and oxygen atoms in total. The third kappa shape index (κ3) is 2.98. The molecule has 0 spiro atoms. The quantitative estimate of drug-likeness (QED) is 0.656. The summed E-state index contributed by atoms with van der Waals surface area (Å²) >= 11 is 0. The number of rotatable bonds is 2. The third-order valence-electron chi connectivity index (χ3n) is 2.46. The Hall–Kier alpha value is -1.52. The van der Waals surface area contributed by atoms with Gasteiger partial charge >= 0.3 is 6.09 Å². The first-order valence-electron chi connectivity index (χ1n) is 5.42. The van der Waals surface area contributed by atoms with E-state index in [9.17, 15) is 9.59 Å². The molecular weight excluding hydrogens is 208 g/mol. The van der Waals surface area contributed by atoms with Gasteiger partial charge in [-0.25, -0.2) is 4.79 Å². The highest BCUT2D eigenvalue weighted by Gasteiger charge is 2.24. The molecule has 1 fully saturated rings. The van der Waals surface area contributed by atoms with Gasteiger partial charge in [0.2, 0.25) is 5.91 Å². The van der Waals surface area contributed by atoms with Gasteiger partial charge in [0.05, 0.1) is 6.61 Å². The van der Waals surface area contributed by atoms with Crippen molar-refractivity contribution in [2.45, 2.75) is 13.8 Å². The number of nitrogens with zero attached hydrogens (tertiary/aromatic N) is 2. The van der Waals surface area contributed by atoms with Crippen molar-refractivity contribution in [3.05, 3.63) is 12.2 Å². The van der Waals surface area contributed by atoms with Crippen LogP contribution in [0.3, 0.4) is 0 Å². The molecule has 0 aromatic rings. The van der Waals surface area contributed by atoms with Crippen LogP contribution < -0.4 is 0 Å². The normalized spacial score (nSPS) is 15.9. The Morgan fingerprint density at radius 3 is 2.12 bits per heavy atom. The van der Waals surface area contributed by atoms with Gasteiger partial charge in [0, 0.05) is 31.8 Å². The Kier molecular flexibility index (Phi) is 4.34. The van der Waals surface area contributed by atoms with E-state index in [1.807, 2.05) is 0 Å². The molecule has 1 aliphatic heterocycles. The first-order valence-corrected chi connectivity index (χ1v) is 5.42. The number of ether oxygens (including phenoxy) is 1. The predicted molar refractivity (Wildman–Crippen MR) is 60.0 cm³/mol. The van der Waals surface area contributed by atoms with Crippen LogP contribution in [0.25, 0.3) is 0 Å². The molecule has 5 heteroatoms. The second-order valence-electron chi connectivity index (χ2n) is 3.76. The van der Waals surface area contributed by atoms with Gasteiger partial charge in [-0.3, -0.25) is 4.79 Å². The van der Waals surface area contributed by atoms with E-state index in [4.69, 9.17) is 4.74 Å². The lowest BCUT2D eigenvalue weighted by atomic mass is 10.2.